The number of nitrogens with one attached hydrogen (secondary N) is 1. The third-order valence-corrected chi connectivity index (χ3v) is 8.67. The number of aryl methyl sites for hydroxylation is 1. The van der Waals surface area contributed by atoms with E-state index < -0.39 is 24.0 Å². The number of allylic oxidation sites excluding steroid dienone is 2. The van der Waals surface area contributed by atoms with Crippen molar-refractivity contribution >= 4 is 23.1 Å². The molecule has 0 aromatic heterocycles. The van der Waals surface area contributed by atoms with Crippen LogP contribution in [0.1, 0.15) is 30.9 Å². The van der Waals surface area contributed by atoms with Gasteiger partial charge in [0.15, 0.2) is 6.23 Å². The van der Waals surface area contributed by atoms with Crippen LogP contribution in [0.4, 0.5) is 5.69 Å². The number of amides is 1. The number of rotatable bonds is 3. The number of hydrogen-bond donors (Lipinski definition) is 3. The van der Waals surface area contributed by atoms with Crippen molar-refractivity contribution in [3.05, 3.63) is 80.9 Å². The van der Waals surface area contributed by atoms with E-state index >= 15 is 0 Å². The fourth-order valence-electron chi connectivity index (χ4n) is 7.35. The Labute approximate surface area is 206 Å². The van der Waals surface area contributed by atoms with Crippen LogP contribution in [-0.4, -0.2) is 63.7 Å². The van der Waals surface area contributed by atoms with Crippen molar-refractivity contribution in [1.29, 1.82) is 0 Å². The average molecular weight is 482 g/mol. The number of carboxylic acid groups (broad SMARTS) is 1. The highest BCUT2D eigenvalue weighted by atomic mass is 16.6. The Kier molecular flexibility index (Phi) is 3.68. The van der Waals surface area contributed by atoms with Crippen molar-refractivity contribution in [2.45, 2.75) is 56.3 Å². The molecule has 0 spiro atoms. The first-order valence-electron chi connectivity index (χ1n) is 12.4. The SMILES string of the molecule is CCCc1ccc2c(c1)C1=C3C(=O)NCC3=C3C4=C(C=C=C=C4)N4C3C1N2C1CC(O)(C(=O)O)C4O1. The monoisotopic (exact) mass is 481 g/mol. The van der Waals surface area contributed by atoms with Crippen molar-refractivity contribution in [2.24, 2.45) is 0 Å². The summed E-state index contributed by atoms with van der Waals surface area (Å²) >= 11 is 0. The number of carbonyl (C=O) groups is 2. The minimum absolute atomic E-state index is 0.0801. The second kappa shape index (κ2) is 6.49. The van der Waals surface area contributed by atoms with Crippen LogP contribution in [0.3, 0.4) is 0 Å². The fourth-order valence-corrected chi connectivity index (χ4v) is 7.35. The molecular weight excluding hydrogens is 458 g/mol. The summed E-state index contributed by atoms with van der Waals surface area (Å²) in [5.41, 5.74) is 12.3. The Morgan fingerprint density at radius 3 is 2.83 bits per heavy atom. The summed E-state index contributed by atoms with van der Waals surface area (Å²) in [6.45, 7) is 2.55. The number of carbonyl (C=O) groups excluding carboxylic acids is 1. The van der Waals surface area contributed by atoms with Crippen LogP contribution in [0.5, 0.6) is 0 Å². The molecule has 3 fully saturated rings. The van der Waals surface area contributed by atoms with Gasteiger partial charge in [0.05, 0.1) is 23.4 Å². The Balaban J connectivity index is 1.47. The molecule has 5 heterocycles. The summed E-state index contributed by atoms with van der Waals surface area (Å²) in [4.78, 5) is 29.8. The van der Waals surface area contributed by atoms with Gasteiger partial charge in [-0.2, -0.15) is 0 Å². The predicted octanol–water partition coefficient (Wildman–Crippen LogP) is 1.74. The van der Waals surface area contributed by atoms with Gasteiger partial charge >= 0.3 is 5.97 Å². The van der Waals surface area contributed by atoms with Gasteiger partial charge in [0, 0.05) is 35.9 Å². The smallest absolute Gasteiger partial charge is 0.340 e. The zero-order valence-corrected chi connectivity index (χ0v) is 19.5. The van der Waals surface area contributed by atoms with Crippen LogP contribution < -0.4 is 10.2 Å². The largest absolute Gasteiger partial charge is 0.479 e. The average Bonchev–Trinajstić information content (AvgIpc) is 3.56. The number of fused-ring (bicyclic) bond motifs is 10. The molecule has 5 atom stereocenters. The topological polar surface area (TPSA) is 102 Å². The summed E-state index contributed by atoms with van der Waals surface area (Å²) in [6.07, 6.45) is 3.73. The molecule has 7 aliphatic rings. The van der Waals surface area contributed by atoms with Crippen molar-refractivity contribution in [1.82, 2.24) is 10.2 Å². The molecule has 180 valence electrons. The predicted molar refractivity (Wildman–Crippen MR) is 128 cm³/mol. The van der Waals surface area contributed by atoms with E-state index in [-0.39, 0.29) is 24.4 Å². The maximum atomic E-state index is 13.3. The number of ether oxygens (including phenoxy) is 1. The van der Waals surface area contributed by atoms with E-state index in [1.165, 1.54) is 5.56 Å². The Bertz CT molecular complexity index is 1540. The van der Waals surface area contributed by atoms with Gasteiger partial charge in [-0.15, -0.1) is 0 Å². The van der Waals surface area contributed by atoms with Gasteiger partial charge in [-0.25, -0.2) is 4.79 Å². The molecule has 5 unspecified atom stereocenters. The summed E-state index contributed by atoms with van der Waals surface area (Å²) in [5, 5.41) is 24.7. The minimum Gasteiger partial charge on any atom is -0.479 e. The third-order valence-electron chi connectivity index (χ3n) is 8.67. The maximum Gasteiger partial charge on any atom is 0.340 e. The van der Waals surface area contributed by atoms with Gasteiger partial charge in [-0.05, 0) is 46.9 Å². The first kappa shape index (κ1) is 20.4. The molecule has 8 rings (SSSR count). The van der Waals surface area contributed by atoms with Crippen LogP contribution >= 0.6 is 0 Å². The highest BCUT2D eigenvalue weighted by molar-refractivity contribution is 6.13. The molecule has 8 heteroatoms. The van der Waals surface area contributed by atoms with Gasteiger partial charge in [-0.1, -0.05) is 30.9 Å². The summed E-state index contributed by atoms with van der Waals surface area (Å²) in [7, 11) is 0. The van der Waals surface area contributed by atoms with Crippen LogP contribution in [0.25, 0.3) is 5.57 Å². The number of anilines is 1. The standard InChI is InChI=1S/C28H23N3O5/c1-2-5-13-8-9-18-15(10-13)21-22-16(12-29-25(22)32)20-14-6-3-4-7-17(14)31-23(20)24(21)30(18)19-11-28(35,27(33)34)26(31)36-19/h6-10,19,23-24,26,35H,2,5,11-12H2,1H3,(H,29,32)(H,33,34). The molecule has 0 radical (unpaired) electrons. The second-order valence-electron chi connectivity index (χ2n) is 10.4. The van der Waals surface area contributed by atoms with E-state index in [1.54, 1.807) is 6.08 Å². The van der Waals surface area contributed by atoms with Gasteiger partial charge < -0.3 is 30.1 Å². The normalized spacial score (nSPS) is 33.8. The van der Waals surface area contributed by atoms with E-state index in [0.717, 1.165) is 57.7 Å². The van der Waals surface area contributed by atoms with Gasteiger partial charge in [0.1, 0.15) is 6.23 Å². The van der Waals surface area contributed by atoms with E-state index in [2.05, 4.69) is 46.8 Å². The van der Waals surface area contributed by atoms with Gasteiger partial charge in [-0.3, -0.25) is 4.79 Å². The van der Waals surface area contributed by atoms with E-state index in [9.17, 15) is 19.8 Å². The van der Waals surface area contributed by atoms with Crippen LogP contribution in [-0.2, 0) is 20.7 Å². The van der Waals surface area contributed by atoms with Crippen molar-refractivity contribution < 1.29 is 24.5 Å². The summed E-state index contributed by atoms with van der Waals surface area (Å²) in [5.74, 6) is -1.38. The molecule has 36 heavy (non-hydrogen) atoms. The van der Waals surface area contributed by atoms with Crippen molar-refractivity contribution in [2.75, 3.05) is 11.4 Å². The molecule has 1 aromatic carbocycles. The number of aliphatic carboxylic acids is 1. The number of hydrogen-bond acceptors (Lipinski definition) is 6. The van der Waals surface area contributed by atoms with Crippen LogP contribution in [0.15, 0.2) is 69.8 Å². The number of nitrogens with zero attached hydrogens (tertiary/aromatic N) is 2. The first-order valence-corrected chi connectivity index (χ1v) is 12.4. The molecule has 8 nitrogen and oxygen atoms in total. The highest BCUT2D eigenvalue weighted by Gasteiger charge is 2.67. The number of carboxylic acids is 1. The Hall–Kier alpha value is -3.80. The lowest BCUT2D eigenvalue weighted by Crippen LogP contribution is -2.61. The molecule has 3 saturated heterocycles. The number of aliphatic hydroxyl groups is 1. The minimum atomic E-state index is -2.09. The summed E-state index contributed by atoms with van der Waals surface area (Å²) < 4.78 is 6.44. The number of benzene rings is 1. The molecule has 3 N–H and O–H groups in total. The fraction of sp³-hybridized carbons (Fsp3) is 0.357. The van der Waals surface area contributed by atoms with E-state index in [0.29, 0.717) is 6.54 Å². The van der Waals surface area contributed by atoms with E-state index in [1.807, 2.05) is 11.0 Å². The molecule has 1 amide bonds. The van der Waals surface area contributed by atoms with E-state index in [4.69, 9.17) is 4.74 Å². The quantitative estimate of drug-likeness (QED) is 0.566. The molecule has 5 aliphatic heterocycles. The van der Waals surface area contributed by atoms with Gasteiger partial charge in [0.25, 0.3) is 5.91 Å². The zero-order chi connectivity index (χ0) is 24.5. The molecule has 0 saturated carbocycles. The lowest BCUT2D eigenvalue weighted by Gasteiger charge is -2.44. The Morgan fingerprint density at radius 2 is 2.03 bits per heavy atom. The van der Waals surface area contributed by atoms with Gasteiger partial charge in [0.2, 0.25) is 5.60 Å². The lowest BCUT2D eigenvalue weighted by atomic mass is 9.76. The first-order chi connectivity index (χ1) is 17.4. The molecular formula is C28H23N3O5. The molecule has 2 bridgehead atoms. The second-order valence-corrected chi connectivity index (χ2v) is 10.4. The highest BCUT2D eigenvalue weighted by Crippen LogP contribution is 2.60. The maximum absolute atomic E-state index is 13.3. The summed E-state index contributed by atoms with van der Waals surface area (Å²) in [6, 6.07) is 5.76. The lowest BCUT2D eigenvalue weighted by molar-refractivity contribution is -0.176. The molecule has 2 aliphatic carbocycles. The zero-order valence-electron chi connectivity index (χ0n) is 19.5. The molecule has 1 aromatic rings. The van der Waals surface area contributed by atoms with Crippen molar-refractivity contribution in [3.8, 4) is 0 Å². The Morgan fingerprint density at radius 1 is 1.22 bits per heavy atom. The van der Waals surface area contributed by atoms with Crippen LogP contribution in [0.2, 0.25) is 0 Å². The van der Waals surface area contributed by atoms with Crippen molar-refractivity contribution in [3.63, 3.8) is 0 Å². The van der Waals surface area contributed by atoms with Crippen LogP contribution in [0, 0.1) is 0 Å². The third kappa shape index (κ3) is 2.16.